The molecule has 1 atom stereocenters. The first kappa shape index (κ1) is 18.6. The van der Waals surface area contributed by atoms with Gasteiger partial charge in [0.2, 0.25) is 0 Å². The molecule has 138 valence electrons. The number of aryl methyl sites for hydroxylation is 2. The van der Waals surface area contributed by atoms with Crippen LogP contribution >= 0.6 is 0 Å². The third kappa shape index (κ3) is 4.34. The summed E-state index contributed by atoms with van der Waals surface area (Å²) in [5.41, 5.74) is 4.88. The van der Waals surface area contributed by atoms with Crippen molar-refractivity contribution >= 4 is 5.91 Å². The highest BCUT2D eigenvalue weighted by Gasteiger charge is 2.20. The van der Waals surface area contributed by atoms with Crippen LogP contribution in [0.1, 0.15) is 45.6 Å². The van der Waals surface area contributed by atoms with Crippen molar-refractivity contribution in [2.45, 2.75) is 26.8 Å². The van der Waals surface area contributed by atoms with Crippen LogP contribution in [0.15, 0.2) is 67.0 Å². The summed E-state index contributed by atoms with van der Waals surface area (Å²) in [4.78, 5) is 17.3. The zero-order chi connectivity index (χ0) is 19.2. The number of hydrogen-bond donors (Lipinski definition) is 1. The van der Waals surface area contributed by atoms with Crippen LogP contribution < -0.4 is 10.1 Å². The molecule has 1 heterocycles. The molecular formula is C23H24N2O2. The number of amides is 1. The smallest absolute Gasteiger partial charge is 0.255 e. The number of carbonyl (C=O) groups is 1. The zero-order valence-corrected chi connectivity index (χ0v) is 15.9. The van der Waals surface area contributed by atoms with E-state index in [2.05, 4.69) is 42.3 Å². The number of benzene rings is 2. The van der Waals surface area contributed by atoms with E-state index in [1.807, 2.05) is 37.3 Å². The predicted octanol–water partition coefficient (Wildman–Crippen LogP) is 4.62. The molecule has 0 fully saturated rings. The van der Waals surface area contributed by atoms with Crippen LogP contribution in [0.25, 0.3) is 0 Å². The van der Waals surface area contributed by atoms with Crippen molar-refractivity contribution in [3.63, 3.8) is 0 Å². The summed E-state index contributed by atoms with van der Waals surface area (Å²) in [6.45, 7) is 6.57. The number of nitrogens with one attached hydrogen (secondary N) is 1. The molecule has 0 bridgehead atoms. The number of carbonyl (C=O) groups excluding carboxylic acids is 1. The van der Waals surface area contributed by atoms with Gasteiger partial charge < -0.3 is 10.1 Å². The summed E-state index contributed by atoms with van der Waals surface area (Å²) < 4.78 is 5.61. The largest absolute Gasteiger partial charge is 0.493 e. The van der Waals surface area contributed by atoms with E-state index in [0.717, 1.165) is 11.1 Å². The molecule has 1 aromatic heterocycles. The SMILES string of the molecule is CCOc1ccccc1C(=O)NC(c1cccnc1)c1ccc(C)c(C)c1. The van der Waals surface area contributed by atoms with Gasteiger partial charge in [-0.3, -0.25) is 9.78 Å². The molecule has 1 N–H and O–H groups in total. The Morgan fingerprint density at radius 3 is 2.56 bits per heavy atom. The van der Waals surface area contributed by atoms with Crippen molar-refractivity contribution in [1.29, 1.82) is 0 Å². The minimum atomic E-state index is -0.291. The summed E-state index contributed by atoms with van der Waals surface area (Å²) >= 11 is 0. The first-order valence-corrected chi connectivity index (χ1v) is 9.10. The fourth-order valence-electron chi connectivity index (χ4n) is 2.99. The van der Waals surface area contributed by atoms with Crippen molar-refractivity contribution in [3.8, 4) is 5.75 Å². The number of ether oxygens (including phenoxy) is 1. The maximum atomic E-state index is 13.0. The van der Waals surface area contributed by atoms with Crippen molar-refractivity contribution in [1.82, 2.24) is 10.3 Å². The van der Waals surface area contributed by atoms with E-state index < -0.39 is 0 Å². The number of pyridine rings is 1. The summed E-state index contributed by atoms with van der Waals surface area (Å²) in [6.07, 6.45) is 3.52. The maximum Gasteiger partial charge on any atom is 0.255 e. The Hall–Kier alpha value is -3.14. The van der Waals surface area contributed by atoms with Crippen LogP contribution in [0.3, 0.4) is 0 Å². The molecule has 2 aromatic carbocycles. The van der Waals surface area contributed by atoms with Crippen molar-refractivity contribution in [3.05, 3.63) is 94.8 Å². The quantitative estimate of drug-likeness (QED) is 0.698. The third-order valence-corrected chi connectivity index (χ3v) is 4.59. The molecule has 3 aromatic rings. The van der Waals surface area contributed by atoms with Gasteiger partial charge in [0, 0.05) is 12.4 Å². The molecule has 0 spiro atoms. The molecule has 0 aliphatic rings. The molecule has 1 unspecified atom stereocenters. The molecule has 4 nitrogen and oxygen atoms in total. The van der Waals surface area contributed by atoms with Crippen LogP contribution in [0.2, 0.25) is 0 Å². The Kier molecular flexibility index (Phi) is 5.87. The van der Waals surface area contributed by atoms with Crippen LogP contribution in [-0.2, 0) is 0 Å². The lowest BCUT2D eigenvalue weighted by Crippen LogP contribution is -2.30. The normalized spacial score (nSPS) is 11.7. The number of hydrogen-bond acceptors (Lipinski definition) is 3. The molecular weight excluding hydrogens is 336 g/mol. The van der Waals surface area contributed by atoms with E-state index in [0.29, 0.717) is 17.9 Å². The molecule has 1 amide bonds. The number of para-hydroxylation sites is 1. The van der Waals surface area contributed by atoms with Crippen molar-refractivity contribution < 1.29 is 9.53 Å². The highest BCUT2D eigenvalue weighted by atomic mass is 16.5. The minimum Gasteiger partial charge on any atom is -0.493 e. The molecule has 0 radical (unpaired) electrons. The second-order valence-electron chi connectivity index (χ2n) is 6.47. The topological polar surface area (TPSA) is 51.2 Å². The van der Waals surface area contributed by atoms with Gasteiger partial charge >= 0.3 is 0 Å². The van der Waals surface area contributed by atoms with Gasteiger partial charge in [-0.1, -0.05) is 36.4 Å². The van der Waals surface area contributed by atoms with Gasteiger partial charge in [0.25, 0.3) is 5.91 Å². The standard InChI is InChI=1S/C23H24N2O2/c1-4-27-21-10-6-5-9-20(21)23(26)25-22(19-8-7-13-24-15-19)18-12-11-16(2)17(3)14-18/h5-15,22H,4H2,1-3H3,(H,25,26). The number of nitrogens with zero attached hydrogens (tertiary/aromatic N) is 1. The highest BCUT2D eigenvalue weighted by molar-refractivity contribution is 5.97. The van der Waals surface area contributed by atoms with Gasteiger partial charge in [0.15, 0.2) is 0 Å². The van der Waals surface area contributed by atoms with Gasteiger partial charge in [0.05, 0.1) is 18.2 Å². The highest BCUT2D eigenvalue weighted by Crippen LogP contribution is 2.25. The molecule has 3 rings (SSSR count). The Labute approximate surface area is 160 Å². The summed E-state index contributed by atoms with van der Waals surface area (Å²) in [5.74, 6) is 0.411. The van der Waals surface area contributed by atoms with Crippen LogP contribution in [0, 0.1) is 13.8 Å². The van der Waals surface area contributed by atoms with Crippen LogP contribution in [0.4, 0.5) is 0 Å². The fourth-order valence-corrected chi connectivity index (χ4v) is 2.99. The second kappa shape index (κ2) is 8.49. The lowest BCUT2D eigenvalue weighted by atomic mass is 9.96. The van der Waals surface area contributed by atoms with E-state index in [-0.39, 0.29) is 11.9 Å². The van der Waals surface area contributed by atoms with Crippen LogP contribution in [0.5, 0.6) is 5.75 Å². The second-order valence-corrected chi connectivity index (χ2v) is 6.47. The molecule has 0 aliphatic carbocycles. The molecule has 0 aliphatic heterocycles. The maximum absolute atomic E-state index is 13.0. The minimum absolute atomic E-state index is 0.175. The average molecular weight is 360 g/mol. The van der Waals surface area contributed by atoms with Crippen molar-refractivity contribution in [2.75, 3.05) is 6.61 Å². The average Bonchev–Trinajstić information content (AvgIpc) is 2.69. The summed E-state index contributed by atoms with van der Waals surface area (Å²) in [7, 11) is 0. The Balaban J connectivity index is 1.97. The zero-order valence-electron chi connectivity index (χ0n) is 15.9. The van der Waals surface area contributed by atoms with Gasteiger partial charge in [0.1, 0.15) is 5.75 Å². The van der Waals surface area contributed by atoms with E-state index in [4.69, 9.17) is 4.74 Å². The van der Waals surface area contributed by atoms with Crippen LogP contribution in [-0.4, -0.2) is 17.5 Å². The molecule has 0 saturated heterocycles. The van der Waals surface area contributed by atoms with Gasteiger partial charge in [-0.15, -0.1) is 0 Å². The predicted molar refractivity (Wildman–Crippen MR) is 107 cm³/mol. The Morgan fingerprint density at radius 2 is 1.85 bits per heavy atom. The summed E-state index contributed by atoms with van der Waals surface area (Å²) in [5, 5.41) is 3.15. The van der Waals surface area contributed by atoms with E-state index in [1.165, 1.54) is 11.1 Å². The van der Waals surface area contributed by atoms with E-state index >= 15 is 0 Å². The molecule has 4 heteroatoms. The number of rotatable bonds is 6. The summed E-state index contributed by atoms with van der Waals surface area (Å²) in [6, 6.07) is 17.1. The van der Waals surface area contributed by atoms with E-state index in [1.54, 1.807) is 18.5 Å². The Morgan fingerprint density at radius 1 is 1.04 bits per heavy atom. The molecule has 27 heavy (non-hydrogen) atoms. The Bertz CT molecular complexity index is 923. The van der Waals surface area contributed by atoms with Gasteiger partial charge in [-0.05, 0) is 61.2 Å². The fraction of sp³-hybridized carbons (Fsp3) is 0.217. The monoisotopic (exact) mass is 360 g/mol. The van der Waals surface area contributed by atoms with Gasteiger partial charge in [-0.2, -0.15) is 0 Å². The third-order valence-electron chi connectivity index (χ3n) is 4.59. The first-order valence-electron chi connectivity index (χ1n) is 9.10. The number of aromatic nitrogens is 1. The first-order chi connectivity index (χ1) is 13.1. The lowest BCUT2D eigenvalue weighted by molar-refractivity contribution is 0.0939. The van der Waals surface area contributed by atoms with Gasteiger partial charge in [-0.25, -0.2) is 0 Å². The molecule has 0 saturated carbocycles. The van der Waals surface area contributed by atoms with Crippen molar-refractivity contribution in [2.24, 2.45) is 0 Å². The van der Waals surface area contributed by atoms with E-state index in [9.17, 15) is 4.79 Å². The lowest BCUT2D eigenvalue weighted by Gasteiger charge is -2.21.